The Morgan fingerprint density at radius 2 is 2.20 bits per heavy atom. The number of nitrogens with one attached hydrogen (secondary N) is 1. The molecule has 2 atom stereocenters. The lowest BCUT2D eigenvalue weighted by Gasteiger charge is -2.08. The Labute approximate surface area is 59.9 Å². The molecule has 1 fully saturated rings. The molecule has 0 unspecified atom stereocenters. The molecule has 1 aliphatic carbocycles. The first-order valence-corrected chi connectivity index (χ1v) is 3.50. The highest BCUT2D eigenvalue weighted by Gasteiger charge is 2.21. The van der Waals surface area contributed by atoms with Crippen LogP contribution in [-0.2, 0) is 0 Å². The van der Waals surface area contributed by atoms with E-state index in [9.17, 15) is 4.79 Å². The van der Waals surface area contributed by atoms with Gasteiger partial charge in [-0.1, -0.05) is 0 Å². The molecule has 0 heterocycles. The van der Waals surface area contributed by atoms with Crippen molar-refractivity contribution in [2.75, 3.05) is 0 Å². The van der Waals surface area contributed by atoms with Crippen molar-refractivity contribution in [1.82, 2.24) is 5.32 Å². The minimum Gasteiger partial charge on any atom is -0.352 e. The number of amides is 2. The van der Waals surface area contributed by atoms with Crippen LogP contribution >= 0.6 is 0 Å². The molecule has 0 aromatic carbocycles. The van der Waals surface area contributed by atoms with Gasteiger partial charge in [-0.25, -0.2) is 4.79 Å². The first kappa shape index (κ1) is 7.34. The number of hydrogen-bond acceptors (Lipinski definition) is 2. The second kappa shape index (κ2) is 2.88. The molecular formula is C6H13N3O. The van der Waals surface area contributed by atoms with Crippen LogP contribution in [-0.4, -0.2) is 18.1 Å². The molecule has 2 amide bonds. The van der Waals surface area contributed by atoms with Crippen molar-refractivity contribution < 1.29 is 4.79 Å². The molecule has 4 heteroatoms. The predicted octanol–water partition coefficient (Wildman–Crippen LogP) is -0.466. The molecule has 5 N–H and O–H groups in total. The zero-order valence-electron chi connectivity index (χ0n) is 5.84. The van der Waals surface area contributed by atoms with Crippen molar-refractivity contribution in [3.63, 3.8) is 0 Å². The molecule has 0 aromatic rings. The molecule has 58 valence electrons. The largest absolute Gasteiger partial charge is 0.352 e. The third kappa shape index (κ3) is 1.88. The van der Waals surface area contributed by atoms with Crippen LogP contribution in [0.25, 0.3) is 0 Å². The van der Waals surface area contributed by atoms with Crippen molar-refractivity contribution in [3.8, 4) is 0 Å². The Hall–Kier alpha value is -0.770. The SMILES string of the molecule is NC(=O)N[C@H]1CC[C@@H](N)C1. The maximum Gasteiger partial charge on any atom is 0.312 e. The first-order valence-electron chi connectivity index (χ1n) is 3.50. The number of primary amides is 1. The number of nitrogens with two attached hydrogens (primary N) is 2. The first-order chi connectivity index (χ1) is 4.68. The Bertz CT molecular complexity index is 137. The smallest absolute Gasteiger partial charge is 0.312 e. The molecule has 1 rings (SSSR count). The van der Waals surface area contributed by atoms with Crippen molar-refractivity contribution >= 4 is 6.03 Å². The molecular weight excluding hydrogens is 130 g/mol. The van der Waals surface area contributed by atoms with Gasteiger partial charge in [-0.3, -0.25) is 0 Å². The quantitative estimate of drug-likeness (QED) is 0.464. The fraction of sp³-hybridized carbons (Fsp3) is 0.833. The van der Waals surface area contributed by atoms with Crippen LogP contribution in [0.5, 0.6) is 0 Å². The highest BCUT2D eigenvalue weighted by Crippen LogP contribution is 2.16. The van der Waals surface area contributed by atoms with E-state index < -0.39 is 6.03 Å². The Morgan fingerprint density at radius 1 is 1.50 bits per heavy atom. The summed E-state index contributed by atoms with van der Waals surface area (Å²) in [6.07, 6.45) is 2.82. The lowest BCUT2D eigenvalue weighted by atomic mass is 10.2. The number of urea groups is 1. The van der Waals surface area contributed by atoms with Crippen LogP contribution < -0.4 is 16.8 Å². The Kier molecular flexibility index (Phi) is 2.11. The van der Waals surface area contributed by atoms with Crippen LogP contribution in [0.4, 0.5) is 4.79 Å². The Morgan fingerprint density at radius 3 is 2.60 bits per heavy atom. The second-order valence-electron chi connectivity index (χ2n) is 2.78. The fourth-order valence-corrected chi connectivity index (χ4v) is 1.35. The average Bonchev–Trinajstić information content (AvgIpc) is 2.13. The van der Waals surface area contributed by atoms with E-state index in [1.807, 2.05) is 0 Å². The third-order valence-electron chi connectivity index (χ3n) is 1.82. The van der Waals surface area contributed by atoms with Crippen LogP contribution in [0.2, 0.25) is 0 Å². The van der Waals surface area contributed by atoms with Crippen molar-refractivity contribution in [2.45, 2.75) is 31.3 Å². The molecule has 0 aromatic heterocycles. The van der Waals surface area contributed by atoms with Crippen molar-refractivity contribution in [3.05, 3.63) is 0 Å². The third-order valence-corrected chi connectivity index (χ3v) is 1.82. The molecule has 0 aliphatic heterocycles. The summed E-state index contributed by atoms with van der Waals surface area (Å²) in [5.41, 5.74) is 10.5. The van der Waals surface area contributed by atoms with Crippen LogP contribution in [0.3, 0.4) is 0 Å². The maximum atomic E-state index is 10.3. The molecule has 0 saturated heterocycles. The highest BCUT2D eigenvalue weighted by atomic mass is 16.2. The predicted molar refractivity (Wildman–Crippen MR) is 38.3 cm³/mol. The number of carbonyl (C=O) groups is 1. The Balaban J connectivity index is 2.24. The molecule has 0 radical (unpaired) electrons. The summed E-state index contributed by atoms with van der Waals surface area (Å²) in [4.78, 5) is 10.3. The molecule has 0 spiro atoms. The summed E-state index contributed by atoms with van der Waals surface area (Å²) in [6, 6.07) is 0.0171. The van der Waals surface area contributed by atoms with Crippen LogP contribution in [0.1, 0.15) is 19.3 Å². The van der Waals surface area contributed by atoms with E-state index in [1.54, 1.807) is 0 Å². The van der Waals surface area contributed by atoms with Gasteiger partial charge in [-0.15, -0.1) is 0 Å². The lowest BCUT2D eigenvalue weighted by molar-refractivity contribution is 0.245. The van der Waals surface area contributed by atoms with Gasteiger partial charge in [0.05, 0.1) is 0 Å². The number of rotatable bonds is 1. The summed E-state index contributed by atoms with van der Waals surface area (Å²) in [5.74, 6) is 0. The van der Waals surface area contributed by atoms with Gasteiger partial charge in [0.15, 0.2) is 0 Å². The lowest BCUT2D eigenvalue weighted by Crippen LogP contribution is -2.37. The monoisotopic (exact) mass is 143 g/mol. The minimum absolute atomic E-state index is 0.215. The minimum atomic E-state index is -0.445. The average molecular weight is 143 g/mol. The van der Waals surface area contributed by atoms with E-state index in [2.05, 4.69) is 5.32 Å². The van der Waals surface area contributed by atoms with Gasteiger partial charge in [-0.2, -0.15) is 0 Å². The van der Waals surface area contributed by atoms with Gasteiger partial charge in [-0.05, 0) is 19.3 Å². The zero-order valence-corrected chi connectivity index (χ0v) is 5.84. The maximum absolute atomic E-state index is 10.3. The van der Waals surface area contributed by atoms with E-state index in [0.29, 0.717) is 0 Å². The van der Waals surface area contributed by atoms with Crippen molar-refractivity contribution in [2.24, 2.45) is 11.5 Å². The zero-order chi connectivity index (χ0) is 7.56. The van der Waals surface area contributed by atoms with Gasteiger partial charge < -0.3 is 16.8 Å². The van der Waals surface area contributed by atoms with Crippen LogP contribution in [0.15, 0.2) is 0 Å². The summed E-state index contributed by atoms with van der Waals surface area (Å²) in [6.45, 7) is 0. The highest BCUT2D eigenvalue weighted by molar-refractivity contribution is 5.71. The van der Waals surface area contributed by atoms with E-state index in [4.69, 9.17) is 11.5 Å². The van der Waals surface area contributed by atoms with E-state index in [1.165, 1.54) is 0 Å². The molecule has 1 saturated carbocycles. The topological polar surface area (TPSA) is 81.1 Å². The van der Waals surface area contributed by atoms with E-state index in [0.717, 1.165) is 19.3 Å². The van der Waals surface area contributed by atoms with Gasteiger partial charge >= 0.3 is 6.03 Å². The van der Waals surface area contributed by atoms with Gasteiger partial charge in [0.2, 0.25) is 0 Å². The second-order valence-corrected chi connectivity index (χ2v) is 2.78. The standard InChI is InChI=1S/C6H13N3O/c7-4-1-2-5(3-4)9-6(8)10/h4-5H,1-3,7H2,(H3,8,9,10)/t4-,5+/m1/s1. The van der Waals surface area contributed by atoms with Crippen LogP contribution in [0, 0.1) is 0 Å². The summed E-state index contributed by atoms with van der Waals surface area (Å²) < 4.78 is 0. The van der Waals surface area contributed by atoms with E-state index >= 15 is 0 Å². The van der Waals surface area contributed by atoms with Crippen molar-refractivity contribution in [1.29, 1.82) is 0 Å². The summed E-state index contributed by atoms with van der Waals surface area (Å²) in [5, 5.41) is 2.63. The van der Waals surface area contributed by atoms with E-state index in [-0.39, 0.29) is 12.1 Å². The fourth-order valence-electron chi connectivity index (χ4n) is 1.35. The number of carbonyl (C=O) groups excluding carboxylic acids is 1. The molecule has 0 bridgehead atoms. The van der Waals surface area contributed by atoms with Gasteiger partial charge in [0.25, 0.3) is 0 Å². The van der Waals surface area contributed by atoms with Gasteiger partial charge in [0.1, 0.15) is 0 Å². The molecule has 1 aliphatic rings. The van der Waals surface area contributed by atoms with Gasteiger partial charge in [0, 0.05) is 12.1 Å². The molecule has 10 heavy (non-hydrogen) atoms. The summed E-state index contributed by atoms with van der Waals surface area (Å²) in [7, 11) is 0. The normalized spacial score (nSPS) is 32.1. The summed E-state index contributed by atoms with van der Waals surface area (Å²) >= 11 is 0. The number of hydrogen-bond donors (Lipinski definition) is 3. The molecule has 4 nitrogen and oxygen atoms in total.